The monoisotopic (exact) mass is 462 g/mol. The molecule has 0 aliphatic carbocycles. The van der Waals surface area contributed by atoms with Crippen molar-refractivity contribution in [1.29, 1.82) is 0 Å². The van der Waals surface area contributed by atoms with Gasteiger partial charge in [-0.15, -0.1) is 0 Å². The van der Waals surface area contributed by atoms with Crippen LogP contribution in [-0.2, 0) is 6.54 Å². The summed E-state index contributed by atoms with van der Waals surface area (Å²) in [5.41, 5.74) is 3.89. The summed E-state index contributed by atoms with van der Waals surface area (Å²) in [7, 11) is 9.28. The van der Waals surface area contributed by atoms with Crippen LogP contribution in [0.15, 0.2) is 72.8 Å². The quantitative estimate of drug-likeness (QED) is 0.344. The Bertz CT molecular complexity index is 930. The van der Waals surface area contributed by atoms with Crippen molar-refractivity contribution in [2.75, 3.05) is 55.1 Å². The first kappa shape index (κ1) is 25.6. The van der Waals surface area contributed by atoms with E-state index in [-0.39, 0.29) is 0 Å². The topological polar surface area (TPSA) is 34.2 Å². The average Bonchev–Trinajstić information content (AvgIpc) is 2.88. The Kier molecular flexibility index (Phi) is 9.80. The highest BCUT2D eigenvalue weighted by atomic mass is 16.5. The van der Waals surface area contributed by atoms with E-state index in [1.807, 2.05) is 12.1 Å². The van der Waals surface area contributed by atoms with Gasteiger partial charge in [-0.1, -0.05) is 60.7 Å². The van der Waals surface area contributed by atoms with Gasteiger partial charge in [0.2, 0.25) is 5.75 Å². The van der Waals surface area contributed by atoms with Crippen LogP contribution in [0.3, 0.4) is 0 Å². The van der Waals surface area contributed by atoms with Gasteiger partial charge in [-0.05, 0) is 55.9 Å². The Morgan fingerprint density at radius 2 is 1.15 bits per heavy atom. The van der Waals surface area contributed by atoms with E-state index in [2.05, 4.69) is 84.6 Å². The summed E-state index contributed by atoms with van der Waals surface area (Å²) in [6.45, 7) is 3.80. The Balaban J connectivity index is 1.55. The van der Waals surface area contributed by atoms with Crippen LogP contribution in [0.1, 0.15) is 29.0 Å². The fourth-order valence-electron chi connectivity index (χ4n) is 4.32. The molecule has 0 aliphatic heterocycles. The van der Waals surface area contributed by atoms with E-state index in [0.29, 0.717) is 23.2 Å². The molecular weight excluding hydrogens is 424 g/mol. The third kappa shape index (κ3) is 6.99. The Hall–Kier alpha value is -3.02. The van der Waals surface area contributed by atoms with Gasteiger partial charge in [0.15, 0.2) is 11.5 Å². The SMILES string of the molecule is COc1cc(CN(C)CCN(C)CCC(c2ccccc2)c2ccccc2)cc(OC)c1OC. The first-order valence-corrected chi connectivity index (χ1v) is 11.8. The zero-order valence-electron chi connectivity index (χ0n) is 21.2. The normalized spacial score (nSPS) is 11.3. The Labute approximate surface area is 204 Å². The van der Waals surface area contributed by atoms with Crippen LogP contribution >= 0.6 is 0 Å². The molecule has 0 spiro atoms. The van der Waals surface area contributed by atoms with Crippen LogP contribution in [-0.4, -0.2) is 64.9 Å². The molecule has 0 amide bonds. The van der Waals surface area contributed by atoms with Crippen molar-refractivity contribution < 1.29 is 14.2 Å². The maximum Gasteiger partial charge on any atom is 0.203 e. The van der Waals surface area contributed by atoms with Gasteiger partial charge in [-0.25, -0.2) is 0 Å². The molecule has 0 aliphatic rings. The highest BCUT2D eigenvalue weighted by Crippen LogP contribution is 2.38. The molecule has 182 valence electrons. The molecule has 0 saturated carbocycles. The second-order valence-corrected chi connectivity index (χ2v) is 8.74. The van der Waals surface area contributed by atoms with Gasteiger partial charge in [0.05, 0.1) is 21.3 Å². The van der Waals surface area contributed by atoms with Crippen LogP contribution in [0.25, 0.3) is 0 Å². The van der Waals surface area contributed by atoms with E-state index in [9.17, 15) is 0 Å². The molecule has 3 rings (SSSR count). The molecule has 0 atom stereocenters. The lowest BCUT2D eigenvalue weighted by molar-refractivity contribution is 0.247. The lowest BCUT2D eigenvalue weighted by Crippen LogP contribution is -2.31. The lowest BCUT2D eigenvalue weighted by Gasteiger charge is -2.25. The molecular formula is C29H38N2O3. The van der Waals surface area contributed by atoms with Crippen molar-refractivity contribution in [3.05, 3.63) is 89.5 Å². The zero-order chi connectivity index (χ0) is 24.3. The summed E-state index contributed by atoms with van der Waals surface area (Å²) < 4.78 is 16.4. The number of ether oxygens (including phenoxy) is 3. The number of rotatable bonds is 13. The number of benzene rings is 3. The van der Waals surface area contributed by atoms with Gasteiger partial charge < -0.3 is 24.0 Å². The smallest absolute Gasteiger partial charge is 0.203 e. The van der Waals surface area contributed by atoms with Crippen molar-refractivity contribution in [2.45, 2.75) is 18.9 Å². The summed E-state index contributed by atoms with van der Waals surface area (Å²) in [6.07, 6.45) is 1.08. The molecule has 3 aromatic rings. The molecule has 0 heterocycles. The zero-order valence-corrected chi connectivity index (χ0v) is 21.2. The molecule has 5 heteroatoms. The van der Waals surface area contributed by atoms with Gasteiger partial charge >= 0.3 is 0 Å². The minimum atomic E-state index is 0.404. The van der Waals surface area contributed by atoms with Gasteiger partial charge in [0, 0.05) is 25.6 Å². The average molecular weight is 463 g/mol. The molecule has 0 fully saturated rings. The van der Waals surface area contributed by atoms with E-state index in [1.165, 1.54) is 11.1 Å². The number of nitrogens with zero attached hydrogens (tertiary/aromatic N) is 2. The molecule has 3 aromatic carbocycles. The predicted octanol–water partition coefficient (Wildman–Crippen LogP) is 5.30. The second-order valence-electron chi connectivity index (χ2n) is 8.74. The van der Waals surface area contributed by atoms with Crippen molar-refractivity contribution in [1.82, 2.24) is 9.80 Å². The van der Waals surface area contributed by atoms with Gasteiger partial charge in [-0.3, -0.25) is 0 Å². The molecule has 0 saturated heterocycles. The van der Waals surface area contributed by atoms with E-state index in [1.54, 1.807) is 21.3 Å². The second kappa shape index (κ2) is 13.0. The summed E-state index contributed by atoms with van der Waals surface area (Å²) >= 11 is 0. The minimum absolute atomic E-state index is 0.404. The fourth-order valence-corrected chi connectivity index (χ4v) is 4.32. The number of hydrogen-bond donors (Lipinski definition) is 0. The molecule has 0 aromatic heterocycles. The van der Waals surface area contributed by atoms with Crippen LogP contribution in [0.5, 0.6) is 17.2 Å². The number of hydrogen-bond acceptors (Lipinski definition) is 5. The lowest BCUT2D eigenvalue weighted by atomic mass is 9.88. The van der Waals surface area contributed by atoms with Gasteiger partial charge in [0.1, 0.15) is 0 Å². The van der Waals surface area contributed by atoms with Crippen LogP contribution in [0.4, 0.5) is 0 Å². The molecule has 0 unspecified atom stereocenters. The molecule has 5 nitrogen and oxygen atoms in total. The van der Waals surface area contributed by atoms with Gasteiger partial charge in [0.25, 0.3) is 0 Å². The predicted molar refractivity (Wildman–Crippen MR) is 139 cm³/mol. The van der Waals surface area contributed by atoms with Gasteiger partial charge in [-0.2, -0.15) is 0 Å². The Morgan fingerprint density at radius 1 is 0.647 bits per heavy atom. The maximum atomic E-state index is 5.49. The molecule has 0 radical (unpaired) electrons. The highest BCUT2D eigenvalue weighted by molar-refractivity contribution is 5.53. The fraction of sp³-hybridized carbons (Fsp3) is 0.379. The summed E-state index contributed by atoms with van der Waals surface area (Å²) in [4.78, 5) is 4.74. The third-order valence-electron chi connectivity index (χ3n) is 6.24. The largest absolute Gasteiger partial charge is 0.493 e. The number of methoxy groups -OCH3 is 3. The minimum Gasteiger partial charge on any atom is -0.493 e. The van der Waals surface area contributed by atoms with E-state index in [4.69, 9.17) is 14.2 Å². The van der Waals surface area contributed by atoms with Crippen LogP contribution in [0, 0.1) is 0 Å². The molecule has 34 heavy (non-hydrogen) atoms. The highest BCUT2D eigenvalue weighted by Gasteiger charge is 2.16. The maximum absolute atomic E-state index is 5.49. The third-order valence-corrected chi connectivity index (χ3v) is 6.24. The first-order valence-electron chi connectivity index (χ1n) is 11.8. The van der Waals surface area contributed by atoms with E-state index >= 15 is 0 Å². The van der Waals surface area contributed by atoms with Crippen molar-refractivity contribution in [3.8, 4) is 17.2 Å². The van der Waals surface area contributed by atoms with Crippen molar-refractivity contribution in [3.63, 3.8) is 0 Å². The van der Waals surface area contributed by atoms with Crippen molar-refractivity contribution >= 4 is 0 Å². The summed E-state index contributed by atoms with van der Waals surface area (Å²) in [5.74, 6) is 2.41. The van der Waals surface area contributed by atoms with Crippen molar-refractivity contribution in [2.24, 2.45) is 0 Å². The van der Waals surface area contributed by atoms with E-state index < -0.39 is 0 Å². The summed E-state index contributed by atoms with van der Waals surface area (Å²) in [5, 5.41) is 0. The molecule has 0 bridgehead atoms. The number of likely N-dealkylation sites (N-methyl/N-ethyl adjacent to an activating group) is 2. The van der Waals surface area contributed by atoms with Crippen LogP contribution < -0.4 is 14.2 Å². The Morgan fingerprint density at radius 3 is 1.62 bits per heavy atom. The standard InChI is InChI=1S/C29H38N2O3/c1-30(17-16-26(24-12-8-6-9-13-24)25-14-10-7-11-15-25)18-19-31(2)22-23-20-27(32-3)29(34-5)28(21-23)33-4/h6-15,20-21,26H,16-19,22H2,1-5H3. The first-order chi connectivity index (χ1) is 16.5. The molecule has 0 N–H and O–H groups in total. The summed E-state index contributed by atoms with van der Waals surface area (Å²) in [6, 6.07) is 25.7. The van der Waals surface area contributed by atoms with Crippen LogP contribution in [0.2, 0.25) is 0 Å². The van der Waals surface area contributed by atoms with E-state index in [0.717, 1.165) is 38.2 Å².